The minimum atomic E-state index is -4.18. The molecule has 0 aliphatic carbocycles. The molecule has 0 spiro atoms. The summed E-state index contributed by atoms with van der Waals surface area (Å²) in [6.07, 6.45) is 0. The topological polar surface area (TPSA) is 43.4 Å². The molecule has 5 heteroatoms. The van der Waals surface area contributed by atoms with Gasteiger partial charge in [0.05, 0.1) is 0 Å². The molecule has 3 aromatic carbocycles. The molecule has 0 aliphatic rings. The van der Waals surface area contributed by atoms with Crippen molar-refractivity contribution in [1.82, 2.24) is 0 Å². The van der Waals surface area contributed by atoms with Crippen LogP contribution in [0.5, 0.6) is 0 Å². The zero-order valence-electron chi connectivity index (χ0n) is 12.2. The molecule has 0 aliphatic heterocycles. The van der Waals surface area contributed by atoms with Crippen molar-refractivity contribution in [3.63, 3.8) is 0 Å². The van der Waals surface area contributed by atoms with E-state index in [1.807, 2.05) is 91.0 Å². The van der Waals surface area contributed by atoms with Gasteiger partial charge in [-0.25, -0.2) is 0 Å². The zero-order chi connectivity index (χ0) is 16.1. The summed E-state index contributed by atoms with van der Waals surface area (Å²) in [7, 11) is 0. The summed E-state index contributed by atoms with van der Waals surface area (Å²) in [4.78, 5) is 0. The van der Waals surface area contributed by atoms with Crippen LogP contribution in [0, 0.1) is 0 Å². The van der Waals surface area contributed by atoms with Crippen molar-refractivity contribution in [2.75, 3.05) is 0 Å². The SMILES string of the molecule is [O]=[Sb](=[O])[O][Se](c1ccccc1)(c1ccccc1)c1ccccc1. The van der Waals surface area contributed by atoms with Crippen LogP contribution in [0.3, 0.4) is 0 Å². The molecule has 0 saturated carbocycles. The molecule has 0 unspecified atom stereocenters. The first-order valence-electron chi connectivity index (χ1n) is 7.06. The molecule has 0 radical (unpaired) electrons. The van der Waals surface area contributed by atoms with Gasteiger partial charge in [0.2, 0.25) is 0 Å². The average molecular weight is 480 g/mol. The fourth-order valence-electron chi connectivity index (χ4n) is 2.47. The Morgan fingerprint density at radius 1 is 0.565 bits per heavy atom. The van der Waals surface area contributed by atoms with Crippen LogP contribution >= 0.6 is 0 Å². The third-order valence-corrected chi connectivity index (χ3v) is 15.1. The molecular weight excluding hydrogens is 465 g/mol. The number of hydrogen-bond acceptors (Lipinski definition) is 3. The van der Waals surface area contributed by atoms with Gasteiger partial charge >= 0.3 is 146 Å². The number of rotatable bonds is 5. The number of benzene rings is 3. The molecule has 0 N–H and O–H groups in total. The zero-order valence-corrected chi connectivity index (χ0v) is 16.5. The summed E-state index contributed by atoms with van der Waals surface area (Å²) in [5, 5.41) is 0. The van der Waals surface area contributed by atoms with Gasteiger partial charge in [-0.05, 0) is 0 Å². The van der Waals surface area contributed by atoms with Crippen molar-refractivity contribution < 1.29 is 8.13 Å². The van der Waals surface area contributed by atoms with Crippen LogP contribution in [0.25, 0.3) is 0 Å². The molecule has 0 aromatic heterocycles. The molecule has 23 heavy (non-hydrogen) atoms. The van der Waals surface area contributed by atoms with Gasteiger partial charge in [0.1, 0.15) is 0 Å². The Morgan fingerprint density at radius 3 is 1.13 bits per heavy atom. The van der Waals surface area contributed by atoms with E-state index in [2.05, 4.69) is 0 Å². The third kappa shape index (κ3) is 3.41. The summed E-state index contributed by atoms with van der Waals surface area (Å²) in [5.41, 5.74) is 0. The molecule has 0 saturated heterocycles. The van der Waals surface area contributed by atoms with E-state index in [4.69, 9.17) is 2.10 Å². The van der Waals surface area contributed by atoms with Crippen LogP contribution in [0.2, 0.25) is 0 Å². The first-order chi connectivity index (χ1) is 11.2. The van der Waals surface area contributed by atoms with Crippen LogP contribution in [0.15, 0.2) is 91.0 Å². The summed E-state index contributed by atoms with van der Waals surface area (Å²) in [6, 6.07) is 29.1. The summed E-state index contributed by atoms with van der Waals surface area (Å²) in [6.45, 7) is 0. The van der Waals surface area contributed by atoms with Gasteiger partial charge in [0, 0.05) is 0 Å². The molecule has 0 bridgehead atoms. The molecule has 3 aromatic rings. The van der Waals surface area contributed by atoms with E-state index < -0.39 is 33.8 Å². The molecule has 0 fully saturated rings. The van der Waals surface area contributed by atoms with Gasteiger partial charge < -0.3 is 0 Å². The summed E-state index contributed by atoms with van der Waals surface area (Å²) >= 11 is -7.45. The molecule has 0 heterocycles. The Bertz CT molecular complexity index is 729. The van der Waals surface area contributed by atoms with Crippen molar-refractivity contribution in [3.05, 3.63) is 91.0 Å². The van der Waals surface area contributed by atoms with Crippen LogP contribution in [0.1, 0.15) is 0 Å². The van der Waals surface area contributed by atoms with E-state index in [0.29, 0.717) is 0 Å². The van der Waals surface area contributed by atoms with E-state index in [0.717, 1.165) is 13.4 Å². The molecular formula is C18H15O3SbSe. The van der Waals surface area contributed by atoms with E-state index in [-0.39, 0.29) is 0 Å². The second-order valence-corrected chi connectivity index (χ2v) is 13.9. The van der Waals surface area contributed by atoms with Gasteiger partial charge in [-0.1, -0.05) is 0 Å². The normalized spacial score (nSPS) is 11.8. The Balaban J connectivity index is 2.35. The number of hydrogen-bond donors (Lipinski definition) is 0. The molecule has 116 valence electrons. The van der Waals surface area contributed by atoms with Crippen molar-refractivity contribution in [3.8, 4) is 0 Å². The molecule has 0 atom stereocenters. The van der Waals surface area contributed by atoms with Crippen LogP contribution in [-0.2, 0) is 8.13 Å². The van der Waals surface area contributed by atoms with Gasteiger partial charge in [0.15, 0.2) is 0 Å². The van der Waals surface area contributed by atoms with Gasteiger partial charge in [0.25, 0.3) is 0 Å². The van der Waals surface area contributed by atoms with Crippen LogP contribution in [0.4, 0.5) is 0 Å². The molecule has 0 amide bonds. The second kappa shape index (κ2) is 7.42. The first-order valence-corrected chi connectivity index (χ1v) is 13.5. The summed E-state index contributed by atoms with van der Waals surface area (Å²) < 4.78 is 32.1. The maximum absolute atomic E-state index is 11.7. The van der Waals surface area contributed by atoms with Gasteiger partial charge in [-0.3, -0.25) is 0 Å². The van der Waals surface area contributed by atoms with E-state index in [1.54, 1.807) is 0 Å². The van der Waals surface area contributed by atoms with E-state index in [9.17, 15) is 6.03 Å². The summed E-state index contributed by atoms with van der Waals surface area (Å²) in [5.74, 6) is 0. The fourth-order valence-corrected chi connectivity index (χ4v) is 15.0. The third-order valence-electron chi connectivity index (χ3n) is 3.40. The Labute approximate surface area is 145 Å². The van der Waals surface area contributed by atoms with Gasteiger partial charge in [-0.15, -0.1) is 0 Å². The maximum atomic E-state index is 11.7. The quantitative estimate of drug-likeness (QED) is 0.521. The fraction of sp³-hybridized carbons (Fsp3) is 0. The van der Waals surface area contributed by atoms with Crippen LogP contribution in [-0.4, -0.2) is 33.8 Å². The van der Waals surface area contributed by atoms with Crippen molar-refractivity contribution in [1.29, 1.82) is 0 Å². The van der Waals surface area contributed by atoms with Crippen LogP contribution < -0.4 is 13.4 Å². The molecule has 3 nitrogen and oxygen atoms in total. The Hall–Kier alpha value is -1.44. The predicted octanol–water partition coefficient (Wildman–Crippen LogP) is 1.52. The Kier molecular flexibility index (Phi) is 5.29. The first kappa shape index (κ1) is 16.4. The van der Waals surface area contributed by atoms with Crippen molar-refractivity contribution >= 4 is 47.2 Å². The predicted molar refractivity (Wildman–Crippen MR) is 92.2 cm³/mol. The van der Waals surface area contributed by atoms with Crippen molar-refractivity contribution in [2.45, 2.75) is 0 Å². The average Bonchev–Trinajstić information content (AvgIpc) is 2.62. The minimum absolute atomic E-state index is 0.947. The Morgan fingerprint density at radius 2 is 0.870 bits per heavy atom. The van der Waals surface area contributed by atoms with Crippen molar-refractivity contribution in [2.24, 2.45) is 0 Å². The second-order valence-electron chi connectivity index (χ2n) is 4.79. The standard InChI is InChI=1S/C18H16OSe.2O.Sb/c19-20(16-10-4-1-5-11-16,17-12-6-2-7-13-17)18-14-8-3-9-15-18;;;/h1-15,19H;;;/q;;;+1/p-1. The van der Waals surface area contributed by atoms with E-state index >= 15 is 0 Å². The monoisotopic (exact) mass is 480 g/mol. The molecule has 3 rings (SSSR count). The van der Waals surface area contributed by atoms with Gasteiger partial charge in [-0.2, -0.15) is 0 Å². The van der Waals surface area contributed by atoms with E-state index in [1.165, 1.54) is 0 Å².